The van der Waals surface area contributed by atoms with Gasteiger partial charge in [0.15, 0.2) is 5.82 Å². The van der Waals surface area contributed by atoms with Crippen molar-refractivity contribution in [3.05, 3.63) is 16.4 Å². The van der Waals surface area contributed by atoms with E-state index in [0.29, 0.717) is 10.6 Å². The molecule has 3 heteroatoms. The van der Waals surface area contributed by atoms with Crippen LogP contribution in [0.4, 0.5) is 4.39 Å². The van der Waals surface area contributed by atoms with Gasteiger partial charge in [0.25, 0.3) is 0 Å². The number of aryl methyl sites for hydroxylation is 1. The Balaban J connectivity index is 2.96. The first-order valence-electron chi connectivity index (χ1n) is 6.17. The Morgan fingerprint density at radius 2 is 1.94 bits per heavy atom. The normalized spacial score (nSPS) is 15.1. The van der Waals surface area contributed by atoms with Crippen molar-refractivity contribution in [2.45, 2.75) is 65.2 Å². The zero-order chi connectivity index (χ0) is 12.2. The fourth-order valence-electron chi connectivity index (χ4n) is 2.22. The molecule has 1 unspecified atom stereocenters. The number of aromatic nitrogens is 1. The smallest absolute Gasteiger partial charge is 0.160 e. The highest BCUT2D eigenvalue weighted by Crippen LogP contribution is 2.36. The summed E-state index contributed by atoms with van der Waals surface area (Å²) in [6.07, 6.45) is 5.44. The molecule has 0 spiro atoms. The molecular formula is C13H22FNS. The van der Waals surface area contributed by atoms with Crippen LogP contribution in [0.15, 0.2) is 0 Å². The molecule has 1 rings (SSSR count). The van der Waals surface area contributed by atoms with E-state index in [2.05, 4.69) is 25.1 Å². The molecule has 0 N–H and O–H groups in total. The quantitative estimate of drug-likeness (QED) is 0.696. The second-order valence-corrected chi connectivity index (χ2v) is 5.79. The topological polar surface area (TPSA) is 12.9 Å². The Morgan fingerprint density at radius 1 is 1.25 bits per heavy atom. The number of rotatable bonds is 6. The van der Waals surface area contributed by atoms with Crippen molar-refractivity contribution < 1.29 is 4.39 Å². The SMILES string of the molecule is CCCCC(C)(CCC)c1nsc(C)c1F. The Labute approximate surface area is 102 Å². The Bertz CT molecular complexity index is 335. The maximum Gasteiger partial charge on any atom is 0.160 e. The third kappa shape index (κ3) is 2.82. The molecule has 0 amide bonds. The molecule has 92 valence electrons. The van der Waals surface area contributed by atoms with Crippen molar-refractivity contribution in [3.63, 3.8) is 0 Å². The third-order valence-corrected chi connectivity index (χ3v) is 3.97. The van der Waals surface area contributed by atoms with Gasteiger partial charge in [-0.1, -0.05) is 40.0 Å². The van der Waals surface area contributed by atoms with Crippen LogP contribution in [0, 0.1) is 12.7 Å². The standard InChI is InChI=1S/C13H22FNS/c1-5-7-9-13(4,8-6-2)12-11(14)10(3)16-15-12/h5-9H2,1-4H3. The fourth-order valence-corrected chi connectivity index (χ4v) is 2.92. The number of hydrogen-bond donors (Lipinski definition) is 0. The second kappa shape index (κ2) is 5.76. The van der Waals surface area contributed by atoms with E-state index in [1.165, 1.54) is 11.5 Å². The summed E-state index contributed by atoms with van der Waals surface area (Å²) in [5, 5.41) is 0. The van der Waals surface area contributed by atoms with Crippen LogP contribution in [-0.2, 0) is 5.41 Å². The summed E-state index contributed by atoms with van der Waals surface area (Å²) in [7, 11) is 0. The molecule has 1 heterocycles. The maximum atomic E-state index is 14.0. The van der Waals surface area contributed by atoms with Crippen LogP contribution in [-0.4, -0.2) is 4.37 Å². The van der Waals surface area contributed by atoms with Crippen LogP contribution in [0.1, 0.15) is 63.4 Å². The largest absolute Gasteiger partial charge is 0.204 e. The zero-order valence-corrected chi connectivity index (χ0v) is 11.6. The molecule has 0 aromatic carbocycles. The van der Waals surface area contributed by atoms with E-state index in [1.807, 2.05) is 6.92 Å². The number of unbranched alkanes of at least 4 members (excludes halogenated alkanes) is 1. The summed E-state index contributed by atoms with van der Waals surface area (Å²) in [5.74, 6) is -0.0722. The lowest BCUT2D eigenvalue weighted by Crippen LogP contribution is -2.23. The molecule has 0 aliphatic carbocycles. The summed E-state index contributed by atoms with van der Waals surface area (Å²) in [6.45, 7) is 8.29. The predicted octanol–water partition coefficient (Wildman–Crippen LogP) is 4.84. The van der Waals surface area contributed by atoms with Gasteiger partial charge < -0.3 is 0 Å². The summed E-state index contributed by atoms with van der Waals surface area (Å²) in [6, 6.07) is 0. The number of halogens is 1. The molecule has 16 heavy (non-hydrogen) atoms. The molecule has 1 nitrogen and oxygen atoms in total. The minimum Gasteiger partial charge on any atom is -0.204 e. The lowest BCUT2D eigenvalue weighted by atomic mass is 9.77. The molecule has 0 fully saturated rings. The highest BCUT2D eigenvalue weighted by atomic mass is 32.1. The van der Waals surface area contributed by atoms with Crippen molar-refractivity contribution in [3.8, 4) is 0 Å². The highest BCUT2D eigenvalue weighted by Gasteiger charge is 2.31. The Morgan fingerprint density at radius 3 is 2.38 bits per heavy atom. The summed E-state index contributed by atoms with van der Waals surface area (Å²) in [5.41, 5.74) is 0.630. The van der Waals surface area contributed by atoms with Gasteiger partial charge in [-0.05, 0) is 31.3 Å². The zero-order valence-electron chi connectivity index (χ0n) is 10.8. The van der Waals surface area contributed by atoms with Gasteiger partial charge in [0.2, 0.25) is 0 Å². The molecule has 1 atom stereocenters. The van der Waals surface area contributed by atoms with Gasteiger partial charge >= 0.3 is 0 Å². The molecule has 0 saturated heterocycles. The van der Waals surface area contributed by atoms with Crippen molar-refractivity contribution in [1.82, 2.24) is 4.37 Å². The minimum absolute atomic E-state index is 0.0698. The summed E-state index contributed by atoms with van der Waals surface area (Å²) >= 11 is 1.29. The van der Waals surface area contributed by atoms with Gasteiger partial charge in [-0.3, -0.25) is 0 Å². The van der Waals surface area contributed by atoms with E-state index in [1.54, 1.807) is 0 Å². The molecule has 1 aromatic heterocycles. The molecule has 0 bridgehead atoms. The first-order chi connectivity index (χ1) is 7.55. The lowest BCUT2D eigenvalue weighted by molar-refractivity contribution is 0.359. The van der Waals surface area contributed by atoms with Gasteiger partial charge in [0, 0.05) is 5.41 Å². The first kappa shape index (κ1) is 13.6. The van der Waals surface area contributed by atoms with E-state index in [0.717, 1.165) is 32.1 Å². The summed E-state index contributed by atoms with van der Waals surface area (Å²) < 4.78 is 18.3. The van der Waals surface area contributed by atoms with Gasteiger partial charge in [-0.25, -0.2) is 4.39 Å². The molecule has 0 aliphatic heterocycles. The average Bonchev–Trinajstić information content (AvgIpc) is 2.58. The average molecular weight is 243 g/mol. The van der Waals surface area contributed by atoms with Crippen LogP contribution < -0.4 is 0 Å². The number of hydrogen-bond acceptors (Lipinski definition) is 2. The second-order valence-electron chi connectivity index (χ2n) is 4.82. The molecule has 1 aromatic rings. The third-order valence-electron chi connectivity index (χ3n) is 3.25. The van der Waals surface area contributed by atoms with Crippen LogP contribution >= 0.6 is 11.5 Å². The van der Waals surface area contributed by atoms with E-state index >= 15 is 0 Å². The van der Waals surface area contributed by atoms with Crippen molar-refractivity contribution >= 4 is 11.5 Å². The van der Waals surface area contributed by atoms with E-state index in [4.69, 9.17) is 0 Å². The van der Waals surface area contributed by atoms with E-state index in [-0.39, 0.29) is 11.2 Å². The highest BCUT2D eigenvalue weighted by molar-refractivity contribution is 7.05. The number of nitrogens with zero attached hydrogens (tertiary/aromatic N) is 1. The molecular weight excluding hydrogens is 221 g/mol. The lowest BCUT2D eigenvalue weighted by Gasteiger charge is -2.27. The Hall–Kier alpha value is -0.440. The fraction of sp³-hybridized carbons (Fsp3) is 0.769. The van der Waals surface area contributed by atoms with Gasteiger partial charge in [0.1, 0.15) is 0 Å². The van der Waals surface area contributed by atoms with Crippen LogP contribution in [0.25, 0.3) is 0 Å². The van der Waals surface area contributed by atoms with E-state index < -0.39 is 0 Å². The van der Waals surface area contributed by atoms with Crippen molar-refractivity contribution in [2.24, 2.45) is 0 Å². The van der Waals surface area contributed by atoms with Gasteiger partial charge in [0.05, 0.1) is 10.6 Å². The van der Waals surface area contributed by atoms with Crippen molar-refractivity contribution in [2.75, 3.05) is 0 Å². The van der Waals surface area contributed by atoms with Gasteiger partial charge in [-0.2, -0.15) is 4.37 Å². The molecule has 0 aliphatic rings. The maximum absolute atomic E-state index is 14.0. The van der Waals surface area contributed by atoms with Crippen molar-refractivity contribution in [1.29, 1.82) is 0 Å². The Kier molecular flexibility index (Phi) is 4.90. The first-order valence-corrected chi connectivity index (χ1v) is 6.94. The predicted molar refractivity (Wildman–Crippen MR) is 68.6 cm³/mol. The molecule has 0 radical (unpaired) electrons. The van der Waals surface area contributed by atoms with Crippen LogP contribution in [0.3, 0.4) is 0 Å². The van der Waals surface area contributed by atoms with Crippen LogP contribution in [0.2, 0.25) is 0 Å². The monoisotopic (exact) mass is 243 g/mol. The van der Waals surface area contributed by atoms with E-state index in [9.17, 15) is 4.39 Å². The minimum atomic E-state index is -0.0722. The van der Waals surface area contributed by atoms with Crippen LogP contribution in [0.5, 0.6) is 0 Å². The van der Waals surface area contributed by atoms with Gasteiger partial charge in [-0.15, -0.1) is 0 Å². The summed E-state index contributed by atoms with van der Waals surface area (Å²) in [4.78, 5) is 0.717. The molecule has 0 saturated carbocycles.